The van der Waals surface area contributed by atoms with Crippen LogP contribution in [0.4, 0.5) is 0 Å². The van der Waals surface area contributed by atoms with Crippen molar-refractivity contribution in [3.8, 4) is 0 Å². The molecular weight excluding hydrogens is 272 g/mol. The summed E-state index contributed by atoms with van der Waals surface area (Å²) in [6.45, 7) is 6.23. The molecule has 0 unspecified atom stereocenters. The van der Waals surface area contributed by atoms with Crippen LogP contribution in [0.2, 0.25) is 0 Å². The smallest absolute Gasteiger partial charge is 0.312 e. The first-order valence-corrected chi connectivity index (χ1v) is 7.68. The van der Waals surface area contributed by atoms with Crippen molar-refractivity contribution in [3.63, 3.8) is 0 Å². The van der Waals surface area contributed by atoms with Gasteiger partial charge in [-0.25, -0.2) is 0 Å². The molecule has 0 aliphatic carbocycles. The number of rotatable bonds is 5. The van der Waals surface area contributed by atoms with E-state index in [1.54, 1.807) is 11.8 Å². The highest BCUT2D eigenvalue weighted by Crippen LogP contribution is 2.39. The summed E-state index contributed by atoms with van der Waals surface area (Å²) < 4.78 is 5.17. The van der Waals surface area contributed by atoms with Gasteiger partial charge in [0.15, 0.2) is 0 Å². The van der Waals surface area contributed by atoms with Crippen LogP contribution in [0.5, 0.6) is 0 Å². The molecule has 0 radical (unpaired) electrons. The van der Waals surface area contributed by atoms with Gasteiger partial charge in [-0.05, 0) is 20.3 Å². The molecule has 1 aliphatic rings. The molecule has 0 amide bonds. The molecule has 1 heterocycles. The third kappa shape index (κ3) is 2.98. The summed E-state index contributed by atoms with van der Waals surface area (Å²) in [6.07, 6.45) is 0.715. The van der Waals surface area contributed by atoms with Crippen LogP contribution in [0.25, 0.3) is 0 Å². The molecule has 108 valence electrons. The maximum Gasteiger partial charge on any atom is 0.312 e. The number of benzene rings is 1. The van der Waals surface area contributed by atoms with E-state index in [9.17, 15) is 4.79 Å². The number of hydrazone groups is 1. The molecule has 1 N–H and O–H groups in total. The average Bonchev–Trinajstić information content (AvgIpc) is 2.84. The van der Waals surface area contributed by atoms with Gasteiger partial charge in [-0.1, -0.05) is 49.0 Å². The summed E-state index contributed by atoms with van der Waals surface area (Å²) in [7, 11) is 0. The summed E-state index contributed by atoms with van der Waals surface area (Å²) in [5.41, 5.74) is 4.18. The summed E-state index contributed by atoms with van der Waals surface area (Å²) in [6, 6.07) is 9.98. The fourth-order valence-electron chi connectivity index (χ4n) is 2.29. The van der Waals surface area contributed by atoms with Crippen molar-refractivity contribution < 1.29 is 9.53 Å². The Bertz CT molecular complexity index is 504. The lowest BCUT2D eigenvalue weighted by Crippen LogP contribution is -2.44. The molecule has 0 saturated heterocycles. The van der Waals surface area contributed by atoms with E-state index in [1.807, 2.05) is 51.1 Å². The first-order chi connectivity index (χ1) is 9.60. The van der Waals surface area contributed by atoms with Crippen molar-refractivity contribution in [2.45, 2.75) is 32.1 Å². The number of hydrogen-bond acceptors (Lipinski definition) is 5. The number of thioether (sulfide) groups is 1. The van der Waals surface area contributed by atoms with E-state index < -0.39 is 4.87 Å². The quantitative estimate of drug-likeness (QED) is 0.848. The Labute approximate surface area is 124 Å². The Hall–Kier alpha value is -1.49. The van der Waals surface area contributed by atoms with E-state index in [0.717, 1.165) is 10.6 Å². The maximum atomic E-state index is 12.1. The monoisotopic (exact) mass is 292 g/mol. The zero-order chi connectivity index (χ0) is 14.6. The number of nitrogens with zero attached hydrogens (tertiary/aromatic N) is 1. The average molecular weight is 292 g/mol. The minimum Gasteiger partial charge on any atom is -0.466 e. The minimum absolute atomic E-state index is 0.165. The fraction of sp³-hybridized carbons (Fsp3) is 0.467. The molecule has 1 aromatic carbocycles. The van der Waals surface area contributed by atoms with E-state index in [-0.39, 0.29) is 11.9 Å². The molecule has 2 rings (SSSR count). The van der Waals surface area contributed by atoms with E-state index in [1.165, 1.54) is 0 Å². The molecule has 20 heavy (non-hydrogen) atoms. The summed E-state index contributed by atoms with van der Waals surface area (Å²) in [4.78, 5) is 11.6. The van der Waals surface area contributed by atoms with E-state index in [0.29, 0.717) is 13.0 Å². The highest BCUT2D eigenvalue weighted by molar-refractivity contribution is 8.15. The van der Waals surface area contributed by atoms with Crippen LogP contribution in [0.15, 0.2) is 35.4 Å². The van der Waals surface area contributed by atoms with Crippen molar-refractivity contribution in [2.24, 2.45) is 11.0 Å². The molecule has 0 bridgehead atoms. The topological polar surface area (TPSA) is 50.7 Å². The molecule has 1 aromatic rings. The largest absolute Gasteiger partial charge is 0.466 e. The van der Waals surface area contributed by atoms with Gasteiger partial charge in [0.2, 0.25) is 0 Å². The Kier molecular flexibility index (Phi) is 4.70. The number of nitrogens with one attached hydrogen (secondary N) is 1. The molecular formula is C15H20N2O2S. The number of carbonyl (C=O) groups is 1. The van der Waals surface area contributed by atoms with Crippen molar-refractivity contribution in [3.05, 3.63) is 35.9 Å². The SMILES string of the molecule is CCOC(=O)[C@@H](CC)[C@@]1(C)NN=C(c2ccccc2)S1. The van der Waals surface area contributed by atoms with Crippen molar-refractivity contribution in [1.82, 2.24) is 5.43 Å². The Morgan fingerprint density at radius 3 is 2.70 bits per heavy atom. The van der Waals surface area contributed by atoms with Gasteiger partial charge in [0.25, 0.3) is 0 Å². The van der Waals surface area contributed by atoms with Crippen LogP contribution in [0.1, 0.15) is 32.8 Å². The van der Waals surface area contributed by atoms with Crippen molar-refractivity contribution in [2.75, 3.05) is 6.61 Å². The second kappa shape index (κ2) is 6.31. The lowest BCUT2D eigenvalue weighted by atomic mass is 9.98. The predicted molar refractivity (Wildman–Crippen MR) is 82.5 cm³/mol. The molecule has 0 aromatic heterocycles. The molecule has 1 aliphatic heterocycles. The summed E-state index contributed by atoms with van der Waals surface area (Å²) in [5.74, 6) is -0.389. The summed E-state index contributed by atoms with van der Waals surface area (Å²) >= 11 is 1.59. The number of carbonyl (C=O) groups excluding carboxylic acids is 1. The van der Waals surface area contributed by atoms with Crippen LogP contribution >= 0.6 is 11.8 Å². The normalized spacial score (nSPS) is 22.9. The van der Waals surface area contributed by atoms with Crippen LogP contribution in [-0.4, -0.2) is 22.5 Å². The third-order valence-electron chi connectivity index (χ3n) is 3.35. The second-order valence-electron chi connectivity index (χ2n) is 4.82. The number of hydrogen-bond donors (Lipinski definition) is 1. The van der Waals surface area contributed by atoms with Gasteiger partial charge in [0.05, 0.1) is 12.5 Å². The van der Waals surface area contributed by atoms with E-state index >= 15 is 0 Å². The minimum atomic E-state index is -0.452. The fourth-order valence-corrected chi connectivity index (χ4v) is 3.53. The van der Waals surface area contributed by atoms with Crippen LogP contribution in [0, 0.1) is 5.92 Å². The molecule has 5 heteroatoms. The second-order valence-corrected chi connectivity index (χ2v) is 6.26. The highest BCUT2D eigenvalue weighted by Gasteiger charge is 2.44. The van der Waals surface area contributed by atoms with Crippen molar-refractivity contribution >= 4 is 22.8 Å². The lowest BCUT2D eigenvalue weighted by Gasteiger charge is -2.30. The Morgan fingerprint density at radius 2 is 2.10 bits per heavy atom. The predicted octanol–water partition coefficient (Wildman–Crippen LogP) is 2.99. The molecule has 2 atom stereocenters. The first-order valence-electron chi connectivity index (χ1n) is 6.86. The number of esters is 1. The van der Waals surface area contributed by atoms with Crippen LogP contribution in [0.3, 0.4) is 0 Å². The van der Waals surface area contributed by atoms with Gasteiger partial charge in [-0.15, -0.1) is 0 Å². The molecule has 0 spiro atoms. The standard InChI is InChI=1S/C15H20N2O2S/c1-4-12(14(18)19-5-2)15(3)17-16-13(20-15)11-9-7-6-8-10-11/h6-10,12,17H,4-5H2,1-3H3/t12-,15+/m1/s1. The Morgan fingerprint density at radius 1 is 1.40 bits per heavy atom. The van der Waals surface area contributed by atoms with Crippen molar-refractivity contribution in [1.29, 1.82) is 0 Å². The van der Waals surface area contributed by atoms with Gasteiger partial charge < -0.3 is 4.74 Å². The van der Waals surface area contributed by atoms with Gasteiger partial charge in [-0.3, -0.25) is 10.2 Å². The number of ether oxygens (including phenoxy) is 1. The zero-order valence-electron chi connectivity index (χ0n) is 12.1. The first kappa shape index (κ1) is 14.9. The van der Waals surface area contributed by atoms with Crippen LogP contribution in [-0.2, 0) is 9.53 Å². The van der Waals surface area contributed by atoms with Gasteiger partial charge in [0.1, 0.15) is 9.91 Å². The van der Waals surface area contributed by atoms with E-state index in [4.69, 9.17) is 4.74 Å². The Balaban J connectivity index is 2.13. The molecule has 0 saturated carbocycles. The van der Waals surface area contributed by atoms with Crippen LogP contribution < -0.4 is 5.43 Å². The molecule has 0 fully saturated rings. The maximum absolute atomic E-state index is 12.1. The molecule has 4 nitrogen and oxygen atoms in total. The van der Waals surface area contributed by atoms with Gasteiger partial charge in [0, 0.05) is 5.56 Å². The van der Waals surface area contributed by atoms with E-state index in [2.05, 4.69) is 10.5 Å². The van der Waals surface area contributed by atoms with Gasteiger partial charge in [-0.2, -0.15) is 5.10 Å². The van der Waals surface area contributed by atoms with Gasteiger partial charge >= 0.3 is 5.97 Å². The lowest BCUT2D eigenvalue weighted by molar-refractivity contribution is -0.149. The third-order valence-corrected chi connectivity index (χ3v) is 4.67. The zero-order valence-corrected chi connectivity index (χ0v) is 12.9. The highest BCUT2D eigenvalue weighted by atomic mass is 32.2. The summed E-state index contributed by atoms with van der Waals surface area (Å²) in [5, 5.41) is 5.31.